The molecule has 1 unspecified atom stereocenters. The van der Waals surface area contributed by atoms with Gasteiger partial charge in [0.25, 0.3) is 5.91 Å². The molecular weight excluding hydrogens is 405 g/mol. The minimum Gasteiger partial charge on any atom is -0.479 e. The lowest BCUT2D eigenvalue weighted by Gasteiger charge is -2.31. The summed E-state index contributed by atoms with van der Waals surface area (Å²) in [5.74, 6) is 0.664. The van der Waals surface area contributed by atoms with Gasteiger partial charge in [-0.3, -0.25) is 9.69 Å². The smallest absolute Gasteiger partial charge is 0.268 e. The number of halogens is 2. The van der Waals surface area contributed by atoms with E-state index in [2.05, 4.69) is 26.1 Å². The summed E-state index contributed by atoms with van der Waals surface area (Å²) in [6.45, 7) is 1.82. The number of aromatic nitrogens is 2. The minimum atomic E-state index is -0.597. The van der Waals surface area contributed by atoms with E-state index in [-0.39, 0.29) is 24.2 Å². The van der Waals surface area contributed by atoms with Crippen LogP contribution < -0.4 is 9.64 Å². The van der Waals surface area contributed by atoms with Gasteiger partial charge >= 0.3 is 0 Å². The van der Waals surface area contributed by atoms with Crippen molar-refractivity contribution in [1.82, 2.24) is 10.1 Å². The van der Waals surface area contributed by atoms with E-state index < -0.39 is 6.10 Å². The summed E-state index contributed by atoms with van der Waals surface area (Å²) in [7, 11) is 0. The molecule has 1 aliphatic rings. The van der Waals surface area contributed by atoms with E-state index in [4.69, 9.17) is 9.26 Å². The second-order valence-electron chi connectivity index (χ2n) is 5.79. The summed E-state index contributed by atoms with van der Waals surface area (Å²) in [6.07, 6.45) is -0.597. The van der Waals surface area contributed by atoms with E-state index in [1.54, 1.807) is 36.1 Å². The van der Waals surface area contributed by atoms with E-state index in [1.165, 1.54) is 6.07 Å². The highest BCUT2D eigenvalue weighted by Crippen LogP contribution is 2.34. The Morgan fingerprint density at radius 1 is 1.27 bits per heavy atom. The van der Waals surface area contributed by atoms with Gasteiger partial charge in [-0.05, 0) is 53.2 Å². The molecule has 26 heavy (non-hydrogen) atoms. The number of rotatable bonds is 3. The van der Waals surface area contributed by atoms with Crippen molar-refractivity contribution in [2.75, 3.05) is 4.90 Å². The maximum Gasteiger partial charge on any atom is 0.268 e. The fourth-order valence-electron chi connectivity index (χ4n) is 2.73. The third-order valence-electron chi connectivity index (χ3n) is 4.01. The lowest BCUT2D eigenvalue weighted by molar-refractivity contribution is -0.125. The molecule has 0 N–H and O–H groups in total. The number of carbonyl (C=O) groups excluding carboxylic acids is 1. The second kappa shape index (κ2) is 6.53. The number of anilines is 1. The number of ether oxygens (including phenoxy) is 1. The summed E-state index contributed by atoms with van der Waals surface area (Å²) in [6, 6.07) is 11.7. The molecular formula is C18H13BrFN3O3. The van der Waals surface area contributed by atoms with Gasteiger partial charge in [0.05, 0.1) is 10.2 Å². The van der Waals surface area contributed by atoms with Gasteiger partial charge in [0.2, 0.25) is 11.7 Å². The van der Waals surface area contributed by atoms with Gasteiger partial charge in [-0.1, -0.05) is 17.3 Å². The van der Waals surface area contributed by atoms with Gasteiger partial charge < -0.3 is 9.26 Å². The SMILES string of the molecule is CC1Oc2ccccc2N(Cc2nc(-c3ccc(F)c(Br)c3)no2)C1=O. The Labute approximate surface area is 156 Å². The predicted octanol–water partition coefficient (Wildman–Crippen LogP) is 3.95. The number of hydrogen-bond donors (Lipinski definition) is 0. The average Bonchev–Trinajstić information content (AvgIpc) is 3.10. The third-order valence-corrected chi connectivity index (χ3v) is 4.62. The van der Waals surface area contributed by atoms with Gasteiger partial charge in [0.1, 0.15) is 18.1 Å². The maximum absolute atomic E-state index is 13.4. The highest BCUT2D eigenvalue weighted by Gasteiger charge is 2.32. The number of nitrogens with zero attached hydrogens (tertiary/aromatic N) is 3. The summed E-state index contributed by atoms with van der Waals surface area (Å²) >= 11 is 3.13. The van der Waals surface area contributed by atoms with Crippen molar-refractivity contribution in [3.8, 4) is 17.1 Å². The van der Waals surface area contributed by atoms with Crippen LogP contribution in [0.25, 0.3) is 11.4 Å². The third kappa shape index (κ3) is 2.96. The van der Waals surface area contributed by atoms with Gasteiger partial charge in [0, 0.05) is 5.56 Å². The van der Waals surface area contributed by atoms with E-state index in [1.807, 2.05) is 12.1 Å². The normalized spacial score (nSPS) is 16.3. The number of carbonyl (C=O) groups is 1. The fourth-order valence-corrected chi connectivity index (χ4v) is 3.11. The zero-order valence-corrected chi connectivity index (χ0v) is 15.2. The predicted molar refractivity (Wildman–Crippen MR) is 95.1 cm³/mol. The monoisotopic (exact) mass is 417 g/mol. The minimum absolute atomic E-state index is 0.124. The van der Waals surface area contributed by atoms with Crippen LogP contribution in [0.15, 0.2) is 51.5 Å². The van der Waals surface area contributed by atoms with Crippen LogP contribution in [0.3, 0.4) is 0 Å². The number of hydrogen-bond acceptors (Lipinski definition) is 5. The molecule has 1 aliphatic heterocycles. The molecule has 0 spiro atoms. The summed E-state index contributed by atoms with van der Waals surface area (Å²) in [5.41, 5.74) is 1.26. The van der Waals surface area contributed by atoms with Gasteiger partial charge in [0.15, 0.2) is 6.10 Å². The molecule has 0 bridgehead atoms. The Hall–Kier alpha value is -2.74. The molecule has 132 valence electrons. The number of benzene rings is 2. The highest BCUT2D eigenvalue weighted by atomic mass is 79.9. The largest absolute Gasteiger partial charge is 0.479 e. The molecule has 1 aromatic heterocycles. The number of fused-ring (bicyclic) bond motifs is 1. The van der Waals surface area contributed by atoms with E-state index in [0.29, 0.717) is 27.3 Å². The molecule has 6 nitrogen and oxygen atoms in total. The van der Waals surface area contributed by atoms with Crippen LogP contribution in [0.5, 0.6) is 5.75 Å². The first-order valence-corrected chi connectivity index (χ1v) is 8.67. The molecule has 0 saturated carbocycles. The zero-order valence-electron chi connectivity index (χ0n) is 13.6. The molecule has 0 radical (unpaired) electrons. The fraction of sp³-hybridized carbons (Fsp3) is 0.167. The van der Waals surface area contributed by atoms with Crippen LogP contribution >= 0.6 is 15.9 Å². The van der Waals surface area contributed by atoms with Crippen molar-refractivity contribution < 1.29 is 18.4 Å². The molecule has 3 aromatic rings. The van der Waals surface area contributed by atoms with Crippen LogP contribution in [0, 0.1) is 5.82 Å². The van der Waals surface area contributed by atoms with Crippen LogP contribution in [0.2, 0.25) is 0 Å². The Morgan fingerprint density at radius 2 is 2.08 bits per heavy atom. The molecule has 4 rings (SSSR count). The first-order valence-electron chi connectivity index (χ1n) is 7.88. The Kier molecular flexibility index (Phi) is 4.20. The zero-order chi connectivity index (χ0) is 18.3. The van der Waals surface area contributed by atoms with Crippen LogP contribution in [-0.4, -0.2) is 22.2 Å². The van der Waals surface area contributed by atoms with E-state index in [9.17, 15) is 9.18 Å². The molecule has 2 aromatic carbocycles. The van der Waals surface area contributed by atoms with Gasteiger partial charge in [-0.25, -0.2) is 4.39 Å². The summed E-state index contributed by atoms with van der Waals surface area (Å²) in [4.78, 5) is 18.4. The Bertz CT molecular complexity index is 991. The Morgan fingerprint density at radius 3 is 2.88 bits per heavy atom. The maximum atomic E-state index is 13.4. The lowest BCUT2D eigenvalue weighted by Crippen LogP contribution is -2.44. The topological polar surface area (TPSA) is 68.5 Å². The number of para-hydroxylation sites is 2. The van der Waals surface area contributed by atoms with Crippen molar-refractivity contribution in [3.63, 3.8) is 0 Å². The molecule has 8 heteroatoms. The first kappa shape index (κ1) is 16.7. The average molecular weight is 418 g/mol. The van der Waals surface area contributed by atoms with Crippen molar-refractivity contribution >= 4 is 27.5 Å². The van der Waals surface area contributed by atoms with Gasteiger partial charge in [-0.15, -0.1) is 0 Å². The van der Waals surface area contributed by atoms with Crippen molar-refractivity contribution in [2.24, 2.45) is 0 Å². The first-order chi connectivity index (χ1) is 12.5. The standard InChI is InChI=1S/C18H13BrFN3O3/c1-10-18(24)23(14-4-2-3-5-15(14)25-10)9-16-21-17(22-26-16)11-6-7-13(20)12(19)8-11/h2-8,10H,9H2,1H3. The molecule has 0 aliphatic carbocycles. The van der Waals surface area contributed by atoms with E-state index in [0.717, 1.165) is 0 Å². The molecule has 0 fully saturated rings. The van der Waals surface area contributed by atoms with Crippen LogP contribution in [0.1, 0.15) is 12.8 Å². The van der Waals surface area contributed by atoms with Gasteiger partial charge in [-0.2, -0.15) is 4.98 Å². The quantitative estimate of drug-likeness (QED) is 0.645. The molecule has 2 heterocycles. The number of amides is 1. The summed E-state index contributed by atoms with van der Waals surface area (Å²) in [5, 5.41) is 3.92. The lowest BCUT2D eigenvalue weighted by atomic mass is 10.2. The van der Waals surface area contributed by atoms with Crippen molar-refractivity contribution in [1.29, 1.82) is 0 Å². The second-order valence-corrected chi connectivity index (χ2v) is 6.65. The summed E-state index contributed by atoms with van der Waals surface area (Å²) < 4.78 is 24.6. The molecule has 1 amide bonds. The van der Waals surface area contributed by atoms with Crippen LogP contribution in [-0.2, 0) is 11.3 Å². The molecule has 1 atom stereocenters. The van der Waals surface area contributed by atoms with Crippen molar-refractivity contribution in [3.05, 3.63) is 58.6 Å². The Balaban J connectivity index is 1.63. The van der Waals surface area contributed by atoms with Crippen molar-refractivity contribution in [2.45, 2.75) is 19.6 Å². The van der Waals surface area contributed by atoms with Crippen LogP contribution in [0.4, 0.5) is 10.1 Å². The molecule has 0 saturated heterocycles. The highest BCUT2D eigenvalue weighted by molar-refractivity contribution is 9.10. The van der Waals surface area contributed by atoms with E-state index >= 15 is 0 Å².